The molecular formula is C14H11BrN2O4. The van der Waals surface area contributed by atoms with Gasteiger partial charge in [-0.25, -0.2) is 0 Å². The van der Waals surface area contributed by atoms with Crippen molar-refractivity contribution in [3.05, 3.63) is 72.6 Å². The molecule has 1 heterocycles. The Hall–Kier alpha value is -2.28. The molecule has 0 spiro atoms. The summed E-state index contributed by atoms with van der Waals surface area (Å²) in [6.45, 7) is 1.24. The van der Waals surface area contributed by atoms with Crippen molar-refractivity contribution >= 4 is 27.4 Å². The summed E-state index contributed by atoms with van der Waals surface area (Å²) in [6.07, 6.45) is 1.10. The zero-order chi connectivity index (χ0) is 15.6. The van der Waals surface area contributed by atoms with Gasteiger partial charge < -0.3 is 4.57 Å². The lowest BCUT2D eigenvalue weighted by atomic mass is 10.1. The van der Waals surface area contributed by atoms with Gasteiger partial charge in [0.05, 0.1) is 17.7 Å². The number of halogens is 1. The topological polar surface area (TPSA) is 82.2 Å². The number of aryl methyl sites for hydroxylation is 1. The minimum absolute atomic E-state index is 0.186. The predicted molar refractivity (Wildman–Crippen MR) is 80.6 cm³/mol. The van der Waals surface area contributed by atoms with E-state index in [2.05, 4.69) is 15.9 Å². The van der Waals surface area contributed by atoms with Crippen LogP contribution in [-0.4, -0.2) is 15.3 Å². The maximum atomic E-state index is 12.2. The molecule has 0 atom stereocenters. The standard InChI is InChI=1S/C14H11BrN2O4/c1-9-6-14(19)16(7-12(9)17(20)21)8-13(18)10-4-2-3-5-11(10)15/h2-7H,8H2,1H3. The second kappa shape index (κ2) is 6.01. The molecule has 6 nitrogen and oxygen atoms in total. The normalized spacial score (nSPS) is 10.4. The summed E-state index contributed by atoms with van der Waals surface area (Å²) in [7, 11) is 0. The summed E-state index contributed by atoms with van der Waals surface area (Å²) < 4.78 is 1.66. The molecule has 1 aromatic carbocycles. The molecule has 0 saturated heterocycles. The van der Waals surface area contributed by atoms with Crippen LogP contribution in [-0.2, 0) is 6.54 Å². The smallest absolute Gasteiger partial charge is 0.288 e. The van der Waals surface area contributed by atoms with Crippen molar-refractivity contribution in [3.63, 3.8) is 0 Å². The largest absolute Gasteiger partial charge is 0.301 e. The molecular weight excluding hydrogens is 340 g/mol. The zero-order valence-corrected chi connectivity index (χ0v) is 12.7. The van der Waals surface area contributed by atoms with Crippen LogP contribution in [0.5, 0.6) is 0 Å². The van der Waals surface area contributed by atoms with Crippen LogP contribution < -0.4 is 5.56 Å². The highest BCUT2D eigenvalue weighted by Gasteiger charge is 2.16. The van der Waals surface area contributed by atoms with Crippen molar-refractivity contribution in [2.75, 3.05) is 0 Å². The number of hydrogen-bond donors (Lipinski definition) is 0. The minimum Gasteiger partial charge on any atom is -0.301 e. The third-order valence-electron chi connectivity index (χ3n) is 2.99. The Morgan fingerprint density at radius 2 is 2.05 bits per heavy atom. The van der Waals surface area contributed by atoms with Crippen LogP contribution in [0.25, 0.3) is 0 Å². The zero-order valence-electron chi connectivity index (χ0n) is 11.1. The monoisotopic (exact) mass is 350 g/mol. The molecule has 0 aliphatic rings. The van der Waals surface area contributed by atoms with E-state index in [-0.39, 0.29) is 23.6 Å². The van der Waals surface area contributed by atoms with E-state index in [0.29, 0.717) is 10.0 Å². The van der Waals surface area contributed by atoms with Crippen molar-refractivity contribution in [2.24, 2.45) is 0 Å². The van der Waals surface area contributed by atoms with Gasteiger partial charge >= 0.3 is 0 Å². The first-order valence-corrected chi connectivity index (χ1v) is 6.82. The SMILES string of the molecule is Cc1cc(=O)n(CC(=O)c2ccccc2Br)cc1[N+](=O)[O-]. The Morgan fingerprint density at radius 1 is 1.38 bits per heavy atom. The van der Waals surface area contributed by atoms with Gasteiger partial charge in [-0.3, -0.25) is 19.7 Å². The van der Waals surface area contributed by atoms with Gasteiger partial charge in [-0.2, -0.15) is 0 Å². The average molecular weight is 351 g/mol. The highest BCUT2D eigenvalue weighted by molar-refractivity contribution is 9.10. The Morgan fingerprint density at radius 3 is 2.67 bits per heavy atom. The third kappa shape index (κ3) is 3.25. The van der Waals surface area contributed by atoms with E-state index < -0.39 is 10.5 Å². The summed E-state index contributed by atoms with van der Waals surface area (Å²) in [6, 6.07) is 7.97. The number of nitrogens with zero attached hydrogens (tertiary/aromatic N) is 2. The number of ketones is 1. The fourth-order valence-electron chi connectivity index (χ4n) is 1.90. The maximum Gasteiger partial charge on any atom is 0.288 e. The number of benzene rings is 1. The van der Waals surface area contributed by atoms with Crippen molar-refractivity contribution in [2.45, 2.75) is 13.5 Å². The van der Waals surface area contributed by atoms with Gasteiger partial charge in [0.2, 0.25) is 0 Å². The van der Waals surface area contributed by atoms with Crippen LogP contribution in [0.4, 0.5) is 5.69 Å². The number of aromatic nitrogens is 1. The first-order chi connectivity index (χ1) is 9.90. The molecule has 0 saturated carbocycles. The van der Waals surface area contributed by atoms with E-state index in [1.54, 1.807) is 24.3 Å². The quantitative estimate of drug-likeness (QED) is 0.482. The molecule has 0 unspecified atom stereocenters. The Kier molecular flexibility index (Phi) is 4.32. The molecule has 0 aliphatic heterocycles. The fourth-order valence-corrected chi connectivity index (χ4v) is 2.40. The molecule has 21 heavy (non-hydrogen) atoms. The number of rotatable bonds is 4. The summed E-state index contributed by atoms with van der Waals surface area (Å²) in [5, 5.41) is 10.9. The lowest BCUT2D eigenvalue weighted by Gasteiger charge is -2.07. The highest BCUT2D eigenvalue weighted by atomic mass is 79.9. The molecule has 2 aromatic rings. The van der Waals surface area contributed by atoms with Gasteiger partial charge in [0, 0.05) is 21.7 Å². The summed E-state index contributed by atoms with van der Waals surface area (Å²) >= 11 is 3.26. The van der Waals surface area contributed by atoms with Gasteiger partial charge in [0.15, 0.2) is 5.78 Å². The molecule has 108 valence electrons. The average Bonchev–Trinajstić information content (AvgIpc) is 2.41. The van der Waals surface area contributed by atoms with Gasteiger partial charge in [-0.1, -0.05) is 34.1 Å². The molecule has 0 radical (unpaired) electrons. The summed E-state index contributed by atoms with van der Waals surface area (Å²) in [4.78, 5) is 34.4. The van der Waals surface area contributed by atoms with Crippen LogP contribution in [0.15, 0.2) is 45.8 Å². The highest BCUT2D eigenvalue weighted by Crippen LogP contribution is 2.18. The lowest BCUT2D eigenvalue weighted by molar-refractivity contribution is -0.385. The van der Waals surface area contributed by atoms with E-state index >= 15 is 0 Å². The number of Topliss-reactive ketones (excluding diaryl/α,β-unsaturated/α-hetero) is 1. The molecule has 0 fully saturated rings. The maximum absolute atomic E-state index is 12.2. The fraction of sp³-hybridized carbons (Fsp3) is 0.143. The molecule has 0 amide bonds. The Balaban J connectivity index is 2.38. The van der Waals surface area contributed by atoms with Gasteiger partial charge in [0.25, 0.3) is 11.2 Å². The first kappa shape index (κ1) is 15.1. The molecule has 0 bridgehead atoms. The molecule has 7 heteroatoms. The van der Waals surface area contributed by atoms with E-state index in [1.165, 1.54) is 6.92 Å². The third-order valence-corrected chi connectivity index (χ3v) is 3.68. The van der Waals surface area contributed by atoms with Crippen molar-refractivity contribution in [1.29, 1.82) is 0 Å². The molecule has 1 aromatic heterocycles. The Bertz CT molecular complexity index is 783. The number of pyridine rings is 1. The van der Waals surface area contributed by atoms with E-state index in [9.17, 15) is 19.7 Å². The second-order valence-corrected chi connectivity index (χ2v) is 5.32. The molecule has 0 N–H and O–H groups in total. The van der Waals surface area contributed by atoms with Crippen LogP contribution in [0.3, 0.4) is 0 Å². The molecule has 2 rings (SSSR count). The van der Waals surface area contributed by atoms with Crippen molar-refractivity contribution < 1.29 is 9.72 Å². The van der Waals surface area contributed by atoms with Gasteiger partial charge in [-0.05, 0) is 13.0 Å². The first-order valence-electron chi connectivity index (χ1n) is 6.03. The van der Waals surface area contributed by atoms with Gasteiger partial charge in [0.1, 0.15) is 0 Å². The molecule has 0 aliphatic carbocycles. The van der Waals surface area contributed by atoms with Gasteiger partial charge in [-0.15, -0.1) is 0 Å². The van der Waals surface area contributed by atoms with Crippen LogP contribution in [0.2, 0.25) is 0 Å². The minimum atomic E-state index is -0.575. The number of nitro groups is 1. The van der Waals surface area contributed by atoms with E-state index in [4.69, 9.17) is 0 Å². The van der Waals surface area contributed by atoms with Crippen LogP contribution in [0, 0.1) is 17.0 Å². The Labute approximate surface area is 128 Å². The second-order valence-electron chi connectivity index (χ2n) is 4.47. The number of hydrogen-bond acceptors (Lipinski definition) is 4. The number of carbonyl (C=O) groups excluding carboxylic acids is 1. The lowest BCUT2D eigenvalue weighted by Crippen LogP contribution is -2.24. The van der Waals surface area contributed by atoms with Crippen LogP contribution in [0.1, 0.15) is 15.9 Å². The van der Waals surface area contributed by atoms with Crippen molar-refractivity contribution in [3.8, 4) is 0 Å². The summed E-state index contributed by atoms with van der Waals surface area (Å²) in [5.41, 5.74) is 0.0650. The van der Waals surface area contributed by atoms with Crippen molar-refractivity contribution in [1.82, 2.24) is 4.57 Å². The summed E-state index contributed by atoms with van der Waals surface area (Å²) in [5.74, 6) is -0.303. The van der Waals surface area contributed by atoms with E-state index in [0.717, 1.165) is 16.8 Å². The van der Waals surface area contributed by atoms with E-state index in [1.807, 2.05) is 0 Å². The predicted octanol–water partition coefficient (Wildman–Crippen LogP) is 2.71. The van der Waals surface area contributed by atoms with Crippen LogP contribution >= 0.6 is 15.9 Å². The number of carbonyl (C=O) groups is 1.